The van der Waals surface area contributed by atoms with E-state index < -0.39 is 0 Å². The Hall–Kier alpha value is 2.06. The van der Waals surface area contributed by atoms with Crippen LogP contribution in [0.4, 0.5) is 0 Å². The van der Waals surface area contributed by atoms with Gasteiger partial charge in [0, 0.05) is 21.7 Å². The van der Waals surface area contributed by atoms with Crippen LogP contribution in [0, 0.1) is 0 Å². The maximum atomic E-state index is 4.11. The summed E-state index contributed by atoms with van der Waals surface area (Å²) in [6.07, 6.45) is 0. The van der Waals surface area contributed by atoms with Gasteiger partial charge in [-0.15, -0.1) is 0 Å². The quantitative estimate of drug-likeness (QED) is 0.324. The summed E-state index contributed by atoms with van der Waals surface area (Å²) >= 11 is 0. The van der Waals surface area contributed by atoms with Gasteiger partial charge in [-0.2, -0.15) is 0 Å². The van der Waals surface area contributed by atoms with Gasteiger partial charge < -0.3 is 17.0 Å². The van der Waals surface area contributed by atoms with Crippen molar-refractivity contribution < 1.29 is 46.5 Å². The first-order valence-electron chi connectivity index (χ1n) is 0.143. The fraction of sp³-hybridized carbons (Fsp3) is 0. The minimum Gasteiger partial charge on any atom is -1.00 e. The molecule has 0 aromatic heterocycles. The Labute approximate surface area is 67.5 Å². The summed E-state index contributed by atoms with van der Waals surface area (Å²) in [6, 6.07) is 0. The summed E-state index contributed by atoms with van der Waals surface area (Å²) in [6.45, 7) is 0. The molecule has 0 aliphatic heterocycles. The third kappa shape index (κ3) is 8.96. The van der Waals surface area contributed by atoms with Crippen molar-refractivity contribution in [1.82, 2.24) is 0 Å². The maximum Gasteiger partial charge on any atom is 1.00 e. The third-order valence-corrected chi connectivity index (χ3v) is 0. The predicted octanol–water partition coefficient (Wildman–Crippen LogP) is -4.61. The summed E-state index contributed by atoms with van der Waals surface area (Å²) in [5, 5.41) is 0. The molecule has 0 rings (SSSR count). The van der Waals surface area contributed by atoms with Crippen LogP contribution in [0.25, 0.3) is 0 Å². The minimum absolute atomic E-state index is 0. The van der Waals surface area contributed by atoms with Gasteiger partial charge in [0.15, 0.2) is 0 Å². The van der Waals surface area contributed by atoms with Crippen LogP contribution in [0.15, 0.2) is 0 Å². The molecule has 0 aliphatic carbocycles. The Morgan fingerprint density at radius 1 is 1.00 bits per heavy atom. The number of rotatable bonds is 0. The molecule has 0 saturated heterocycles. The Kier molecular flexibility index (Phi) is 81.4. The van der Waals surface area contributed by atoms with E-state index in [2.05, 4.69) is 21.7 Å². The monoisotopic (exact) mass is 172 g/mol. The molecule has 4 heavy (non-hydrogen) atoms. The third-order valence-electron chi connectivity index (χ3n) is 0. The fourth-order valence-electron chi connectivity index (χ4n) is 0. The van der Waals surface area contributed by atoms with E-state index in [0.717, 1.165) is 0 Å². The van der Waals surface area contributed by atoms with Gasteiger partial charge in [-0.3, -0.25) is 0 Å². The molecule has 22 valence electrons. The number of hydrogen-bond donors (Lipinski definition) is 0. The van der Waals surface area contributed by atoms with Crippen LogP contribution in [0.2, 0.25) is 0 Å². The van der Waals surface area contributed by atoms with Crippen LogP contribution >= 0.6 is 21.7 Å². The zero-order valence-corrected chi connectivity index (χ0v) is 7.23. The first-order valence-corrected chi connectivity index (χ1v) is 1.29. The predicted molar refractivity (Wildman–Crippen MR) is 11.7 cm³/mol. The molecule has 0 fully saturated rings. The molecular formula is BrCl2Na. The summed E-state index contributed by atoms with van der Waals surface area (Å²) < 4.78 is 0. The number of hydrogen-bond acceptors (Lipinski definition) is 0. The Morgan fingerprint density at radius 3 is 1.00 bits per heavy atom. The van der Waals surface area contributed by atoms with Crippen LogP contribution in [-0.2, 0) is 0 Å². The Balaban J connectivity index is -0.00000000500. The first kappa shape index (κ1) is 16.6. The molecule has 0 unspecified atom stereocenters. The van der Waals surface area contributed by atoms with Gasteiger partial charge in [0.25, 0.3) is 0 Å². The second kappa shape index (κ2) is 19.7. The molecule has 0 N–H and O–H groups in total. The van der Waals surface area contributed by atoms with Gasteiger partial charge in [-0.25, -0.2) is 0 Å². The molecule has 0 heterocycles. The average Bonchev–Trinajstić information content (AvgIpc) is 1.00. The summed E-state index contributed by atoms with van der Waals surface area (Å²) in [4.78, 5) is 0. The molecule has 0 aliphatic rings. The Morgan fingerprint density at radius 2 is 1.00 bits per heavy atom. The van der Waals surface area contributed by atoms with Gasteiger partial charge in [0.2, 0.25) is 0 Å². The molecule has 0 saturated carbocycles. The van der Waals surface area contributed by atoms with Crippen molar-refractivity contribution in [2.75, 3.05) is 0 Å². The summed E-state index contributed by atoms with van der Waals surface area (Å²) in [5.74, 6) is 0. The molecule has 0 amide bonds. The van der Waals surface area contributed by atoms with E-state index in [4.69, 9.17) is 0 Å². The molecule has 0 bridgehead atoms. The van der Waals surface area contributed by atoms with Crippen molar-refractivity contribution in [3.63, 3.8) is 0 Å². The zero-order valence-electron chi connectivity index (χ0n) is 2.13. The van der Waals surface area contributed by atoms with E-state index in [9.17, 15) is 0 Å². The molecular weight excluding hydrogens is 174 g/mol. The van der Waals surface area contributed by atoms with E-state index in [1.54, 1.807) is 0 Å². The maximum absolute atomic E-state index is 4.11. The van der Waals surface area contributed by atoms with Gasteiger partial charge in [-0.1, -0.05) is 0 Å². The molecule has 0 aromatic carbocycles. The summed E-state index contributed by atoms with van der Waals surface area (Å²) in [5.41, 5.74) is 0. The van der Waals surface area contributed by atoms with Crippen molar-refractivity contribution in [1.29, 1.82) is 0 Å². The van der Waals surface area contributed by atoms with Gasteiger partial charge >= 0.3 is 29.6 Å². The first-order chi connectivity index (χ1) is 1.00. The second-order valence-electron chi connectivity index (χ2n) is 0. The van der Waals surface area contributed by atoms with Gasteiger partial charge in [0.1, 0.15) is 0 Å². The van der Waals surface area contributed by atoms with Crippen LogP contribution in [-0.4, -0.2) is 0 Å². The van der Waals surface area contributed by atoms with Gasteiger partial charge in [0.05, 0.1) is 0 Å². The van der Waals surface area contributed by atoms with E-state index >= 15 is 0 Å². The minimum atomic E-state index is 0. The molecule has 0 aromatic rings. The van der Waals surface area contributed by atoms with Crippen LogP contribution in [0.5, 0.6) is 0 Å². The smallest absolute Gasteiger partial charge is 1.00 e. The standard InChI is InChI=1S/BrH.Cl2.Na/c;1-2;/h1H;;/q;;+1/p-1. The zero-order chi connectivity index (χ0) is 2.00. The molecule has 0 spiro atoms. The van der Waals surface area contributed by atoms with E-state index in [0.29, 0.717) is 0 Å². The molecule has 0 radical (unpaired) electrons. The van der Waals surface area contributed by atoms with Crippen molar-refractivity contribution in [2.45, 2.75) is 0 Å². The normalized spacial score (nSPS) is 1.50. The molecule has 0 nitrogen and oxygen atoms in total. The molecule has 0 atom stereocenters. The van der Waals surface area contributed by atoms with Crippen molar-refractivity contribution in [3.8, 4) is 0 Å². The van der Waals surface area contributed by atoms with E-state index in [-0.39, 0.29) is 46.5 Å². The summed E-state index contributed by atoms with van der Waals surface area (Å²) in [7, 11) is 8.22. The van der Waals surface area contributed by atoms with Crippen molar-refractivity contribution in [2.24, 2.45) is 0 Å². The van der Waals surface area contributed by atoms with Crippen LogP contribution in [0.3, 0.4) is 0 Å². The topological polar surface area (TPSA) is 0 Å². The second-order valence-corrected chi connectivity index (χ2v) is 0. The van der Waals surface area contributed by atoms with Crippen LogP contribution < -0.4 is 46.5 Å². The largest absolute Gasteiger partial charge is 1.00 e. The van der Waals surface area contributed by atoms with Crippen molar-refractivity contribution >= 4 is 21.7 Å². The number of halogens is 3. The SMILES string of the molecule is ClCl.[Br-].[Na+]. The van der Waals surface area contributed by atoms with Gasteiger partial charge in [-0.05, 0) is 0 Å². The fourth-order valence-corrected chi connectivity index (χ4v) is 0. The molecule has 4 heteroatoms. The average molecular weight is 174 g/mol. The van der Waals surface area contributed by atoms with Crippen molar-refractivity contribution in [3.05, 3.63) is 0 Å². The Bertz CT molecular complexity index is 6.00. The van der Waals surface area contributed by atoms with Crippen LogP contribution in [0.1, 0.15) is 0 Å². The van der Waals surface area contributed by atoms with E-state index in [1.807, 2.05) is 0 Å². The van der Waals surface area contributed by atoms with E-state index in [1.165, 1.54) is 0 Å².